The molecule has 0 fully saturated rings. The number of ether oxygens (including phenoxy) is 4. The SMILES string of the molecule is CCCCCC(C)C(=O)OCCN(CCOC(=O)C(C)CCCCC)c1ccc(/C=C/C=C/c2ccc(N(C)C)cc2)cc1.CCCCCC(C)C(=O)OCCN(CCOC(=O)C(C)CCCCC)c1ccc(/C=C/c2ccc(N(CC)CC)cc2)cc1. The minimum Gasteiger partial charge on any atom is -0.464 e. The van der Waals surface area contributed by atoms with E-state index in [1.165, 1.54) is 11.4 Å². The molecule has 4 aromatic carbocycles. The Bertz CT molecular complexity index is 2520. The maximum atomic E-state index is 12.5. The Balaban J connectivity index is 0.000000460. The second-order valence-corrected chi connectivity index (χ2v) is 23.7. The highest BCUT2D eigenvalue weighted by Crippen LogP contribution is 2.23. The van der Waals surface area contributed by atoms with Gasteiger partial charge in [-0.25, -0.2) is 0 Å². The van der Waals surface area contributed by atoms with E-state index in [1.807, 2.05) is 53.9 Å². The van der Waals surface area contributed by atoms with E-state index in [4.69, 9.17) is 18.9 Å². The smallest absolute Gasteiger partial charge is 0.308 e. The second-order valence-electron chi connectivity index (χ2n) is 23.7. The van der Waals surface area contributed by atoms with Crippen LogP contribution in [0.4, 0.5) is 22.7 Å². The molecule has 0 amide bonds. The van der Waals surface area contributed by atoms with Crippen LogP contribution in [-0.2, 0) is 38.1 Å². The summed E-state index contributed by atoms with van der Waals surface area (Å²) < 4.78 is 22.6. The van der Waals surface area contributed by atoms with Crippen LogP contribution in [-0.4, -0.2) is 104 Å². The highest BCUT2D eigenvalue weighted by molar-refractivity contribution is 5.74. The van der Waals surface area contributed by atoms with Crippen LogP contribution in [0.2, 0.25) is 0 Å². The van der Waals surface area contributed by atoms with Crippen LogP contribution in [0.1, 0.15) is 194 Å². The molecule has 0 radical (unpaired) electrons. The number of benzene rings is 4. The van der Waals surface area contributed by atoms with E-state index < -0.39 is 0 Å². The lowest BCUT2D eigenvalue weighted by molar-refractivity contribution is -0.149. The molecule has 0 saturated carbocycles. The Hall–Kier alpha value is -6.82. The van der Waals surface area contributed by atoms with Crippen molar-refractivity contribution in [3.05, 3.63) is 131 Å². The molecule has 4 rings (SSSR count). The van der Waals surface area contributed by atoms with Crippen molar-refractivity contribution in [2.24, 2.45) is 23.7 Å². The third-order valence-electron chi connectivity index (χ3n) is 16.1. The molecule has 0 heterocycles. The van der Waals surface area contributed by atoms with Gasteiger partial charge >= 0.3 is 23.9 Å². The predicted octanol–water partition coefficient (Wildman–Crippen LogP) is 17.8. The molecule has 486 valence electrons. The van der Waals surface area contributed by atoms with Gasteiger partial charge in [-0.15, -0.1) is 0 Å². The van der Waals surface area contributed by atoms with Gasteiger partial charge in [0.05, 0.1) is 49.9 Å². The van der Waals surface area contributed by atoms with Crippen molar-refractivity contribution in [2.45, 2.75) is 172 Å². The zero-order valence-electron chi connectivity index (χ0n) is 56.5. The Kier molecular flexibility index (Phi) is 38.9. The molecule has 88 heavy (non-hydrogen) atoms. The molecular formula is C76H114N4O8. The first-order chi connectivity index (χ1) is 42.6. The number of hydrogen-bond acceptors (Lipinski definition) is 12. The summed E-state index contributed by atoms with van der Waals surface area (Å²) >= 11 is 0. The van der Waals surface area contributed by atoms with Crippen LogP contribution in [0, 0.1) is 23.7 Å². The maximum Gasteiger partial charge on any atom is 0.308 e. The molecule has 0 aromatic heterocycles. The zero-order chi connectivity index (χ0) is 64.3. The van der Waals surface area contributed by atoms with Gasteiger partial charge in [-0.2, -0.15) is 0 Å². The summed E-state index contributed by atoms with van der Waals surface area (Å²) in [6, 6.07) is 33.7. The average molecular weight is 1210 g/mol. The largest absolute Gasteiger partial charge is 0.464 e. The third-order valence-corrected chi connectivity index (χ3v) is 16.1. The van der Waals surface area contributed by atoms with Crippen molar-refractivity contribution < 1.29 is 38.1 Å². The fraction of sp³-hybridized carbons (Fsp3) is 0.553. The van der Waals surface area contributed by atoms with Crippen LogP contribution >= 0.6 is 0 Å². The molecule has 12 nitrogen and oxygen atoms in total. The van der Waals surface area contributed by atoms with Crippen LogP contribution in [0.25, 0.3) is 24.3 Å². The van der Waals surface area contributed by atoms with Gasteiger partial charge in [0.15, 0.2) is 0 Å². The number of allylic oxidation sites excluding steroid dienone is 2. The summed E-state index contributed by atoms with van der Waals surface area (Å²) in [6.07, 6.45) is 29.2. The van der Waals surface area contributed by atoms with Crippen molar-refractivity contribution in [2.75, 3.05) is 99.4 Å². The van der Waals surface area contributed by atoms with Gasteiger partial charge < -0.3 is 38.5 Å². The monoisotopic (exact) mass is 1210 g/mol. The Morgan fingerprint density at radius 2 is 0.580 bits per heavy atom. The number of carbonyl (C=O) groups is 4. The second kappa shape index (κ2) is 45.4. The van der Waals surface area contributed by atoms with E-state index in [0.29, 0.717) is 52.6 Å². The maximum absolute atomic E-state index is 12.5. The molecule has 4 unspecified atom stereocenters. The van der Waals surface area contributed by atoms with Gasteiger partial charge in [0, 0.05) is 49.9 Å². The molecule has 0 aliphatic rings. The van der Waals surface area contributed by atoms with Gasteiger partial charge in [0.1, 0.15) is 26.4 Å². The Labute approximate surface area is 533 Å². The minimum absolute atomic E-state index is 0.0929. The predicted molar refractivity (Wildman–Crippen MR) is 372 cm³/mol. The summed E-state index contributed by atoms with van der Waals surface area (Å²) in [6.45, 7) is 26.1. The van der Waals surface area contributed by atoms with Gasteiger partial charge in [-0.1, -0.05) is 217 Å². The zero-order valence-corrected chi connectivity index (χ0v) is 56.5. The molecule has 0 saturated heterocycles. The molecule has 4 aromatic rings. The quantitative estimate of drug-likeness (QED) is 0.0138. The molecule has 0 spiro atoms. The van der Waals surface area contributed by atoms with Crippen LogP contribution < -0.4 is 19.6 Å². The van der Waals surface area contributed by atoms with Crippen molar-refractivity contribution >= 4 is 70.9 Å². The summed E-state index contributed by atoms with van der Waals surface area (Å²) in [4.78, 5) is 58.8. The lowest BCUT2D eigenvalue weighted by Gasteiger charge is -2.25. The highest BCUT2D eigenvalue weighted by Gasteiger charge is 2.20. The van der Waals surface area contributed by atoms with Gasteiger partial charge in [0.25, 0.3) is 0 Å². The lowest BCUT2D eigenvalue weighted by atomic mass is 10.0. The molecule has 4 atom stereocenters. The highest BCUT2D eigenvalue weighted by atomic mass is 16.5. The number of carbonyl (C=O) groups excluding carboxylic acids is 4. The minimum atomic E-state index is -0.143. The Morgan fingerprint density at radius 3 is 0.818 bits per heavy atom. The average Bonchev–Trinajstić information content (AvgIpc) is 3.71. The van der Waals surface area contributed by atoms with E-state index in [0.717, 1.165) is 149 Å². The molecule has 0 aliphatic carbocycles. The third kappa shape index (κ3) is 30.9. The first-order valence-corrected chi connectivity index (χ1v) is 33.6. The summed E-state index contributed by atoms with van der Waals surface area (Å²) in [5.74, 6) is -0.941. The van der Waals surface area contributed by atoms with E-state index in [-0.39, 0.29) is 47.5 Å². The molecule has 12 heteroatoms. The number of anilines is 4. The normalized spacial score (nSPS) is 12.7. The van der Waals surface area contributed by atoms with Crippen LogP contribution in [0.15, 0.2) is 109 Å². The van der Waals surface area contributed by atoms with E-state index in [1.54, 1.807) is 0 Å². The standard InChI is InChI=1S/C38H56N2O4.C38H58N2O4/c1-7-9-11-15-31(3)37(41)43-29-27-40(28-30-44-38(42)32(4)16-12-10-8-2)36-25-21-34(22-26-36)18-14-13-17-33-19-23-35(24-20-33)39(5)6;1-7-11-13-15-31(5)37(41)43-29-27-40(28-30-44-38(42)32(6)16-14-12-8-2)36-25-21-34(22-26-36)18-17-33-19-23-35(24-20-33)39(9-3)10-4/h13-14,17-26,31-32H,7-12,15-16,27-30H2,1-6H3;17-26,31-32H,7-16,27-30H2,1-6H3/b17-13+,18-14+;18-17+. The summed E-state index contributed by atoms with van der Waals surface area (Å²) in [7, 11) is 4.07. The number of unbranched alkanes of at least 4 members (excludes halogenated alkanes) is 8. The van der Waals surface area contributed by atoms with Gasteiger partial charge in [0.2, 0.25) is 0 Å². The van der Waals surface area contributed by atoms with Gasteiger partial charge in [-0.05, 0) is 110 Å². The van der Waals surface area contributed by atoms with Gasteiger partial charge in [-0.3, -0.25) is 19.2 Å². The van der Waals surface area contributed by atoms with Crippen molar-refractivity contribution in [1.29, 1.82) is 0 Å². The van der Waals surface area contributed by atoms with E-state index in [2.05, 4.69) is 183 Å². The van der Waals surface area contributed by atoms with E-state index >= 15 is 0 Å². The topological polar surface area (TPSA) is 118 Å². The lowest BCUT2D eigenvalue weighted by Crippen LogP contribution is -2.33. The number of esters is 4. The van der Waals surface area contributed by atoms with E-state index in [9.17, 15) is 19.2 Å². The fourth-order valence-corrected chi connectivity index (χ4v) is 10.00. The molecule has 0 N–H and O–H groups in total. The van der Waals surface area contributed by atoms with Crippen molar-refractivity contribution in [1.82, 2.24) is 0 Å². The van der Waals surface area contributed by atoms with Crippen molar-refractivity contribution in [3.8, 4) is 0 Å². The number of hydrogen-bond donors (Lipinski definition) is 0. The summed E-state index contributed by atoms with van der Waals surface area (Å²) in [5.41, 5.74) is 8.91. The van der Waals surface area contributed by atoms with Crippen LogP contribution in [0.5, 0.6) is 0 Å². The first kappa shape index (κ1) is 75.4. The molecular weight excluding hydrogens is 1100 g/mol. The summed E-state index contributed by atoms with van der Waals surface area (Å²) in [5, 5.41) is 0. The molecule has 0 aliphatic heterocycles. The van der Waals surface area contributed by atoms with Crippen LogP contribution in [0.3, 0.4) is 0 Å². The molecule has 0 bridgehead atoms. The fourth-order valence-electron chi connectivity index (χ4n) is 10.00. The Morgan fingerprint density at radius 1 is 0.341 bits per heavy atom. The number of rotatable bonds is 43. The first-order valence-electron chi connectivity index (χ1n) is 33.6. The number of nitrogens with zero attached hydrogens (tertiary/aromatic N) is 4. The van der Waals surface area contributed by atoms with Crippen molar-refractivity contribution in [3.63, 3.8) is 0 Å².